The Morgan fingerprint density at radius 3 is 2.70 bits per heavy atom. The quantitative estimate of drug-likeness (QED) is 0.559. The summed E-state index contributed by atoms with van der Waals surface area (Å²) in [6.07, 6.45) is 1.60. The van der Waals surface area contributed by atoms with Gasteiger partial charge in [-0.2, -0.15) is 0 Å². The Morgan fingerprint density at radius 1 is 1.35 bits per heavy atom. The molecule has 1 fully saturated rings. The first kappa shape index (κ1) is 18.4. The lowest BCUT2D eigenvalue weighted by atomic mass is 9.82. The van der Waals surface area contributed by atoms with E-state index >= 15 is 0 Å². The average Bonchev–Trinajstić information content (AvgIpc) is 2.36. The second-order valence-electron chi connectivity index (χ2n) is 8.05. The highest BCUT2D eigenvalue weighted by atomic mass is 16.5. The largest absolute Gasteiger partial charge is 0.390 e. The topological polar surface area (TPSA) is 90.8 Å². The van der Waals surface area contributed by atoms with Gasteiger partial charge in [0.1, 0.15) is 6.10 Å². The Hall–Kier alpha value is -0.950. The number of hydrogen-bond donors (Lipinski definition) is 4. The molecule has 0 unspecified atom stereocenters. The van der Waals surface area contributed by atoms with Crippen LogP contribution in [0.2, 0.25) is 0 Å². The second-order valence-corrected chi connectivity index (χ2v) is 8.05. The number of carbonyl (C=O) groups is 1. The Kier molecular flexibility index (Phi) is 5.51. The first-order valence-corrected chi connectivity index (χ1v) is 8.28. The normalized spacial score (nSPS) is 33.0. The smallest absolute Gasteiger partial charge is 0.224 e. The van der Waals surface area contributed by atoms with E-state index in [2.05, 4.69) is 44.4 Å². The van der Waals surface area contributed by atoms with Crippen LogP contribution in [-0.4, -0.2) is 59.2 Å². The molecule has 0 aliphatic carbocycles. The minimum absolute atomic E-state index is 0.0363. The molecule has 23 heavy (non-hydrogen) atoms. The summed E-state index contributed by atoms with van der Waals surface area (Å²) >= 11 is 0. The van der Waals surface area contributed by atoms with Crippen LogP contribution in [0.3, 0.4) is 0 Å². The monoisotopic (exact) mass is 326 g/mol. The van der Waals surface area contributed by atoms with E-state index in [-0.39, 0.29) is 29.5 Å². The molecule has 2 rings (SSSR count). The number of ether oxygens (including phenoxy) is 1. The van der Waals surface area contributed by atoms with E-state index in [0.29, 0.717) is 19.6 Å². The van der Waals surface area contributed by atoms with Gasteiger partial charge in [-0.3, -0.25) is 4.79 Å². The molecule has 0 spiro atoms. The highest BCUT2D eigenvalue weighted by molar-refractivity contribution is 5.78. The Labute approximate surface area is 138 Å². The summed E-state index contributed by atoms with van der Waals surface area (Å²) in [5, 5.41) is 25.9. The van der Waals surface area contributed by atoms with Crippen molar-refractivity contribution in [3.8, 4) is 0 Å². The van der Waals surface area contributed by atoms with Crippen molar-refractivity contribution in [2.45, 2.75) is 63.8 Å². The van der Waals surface area contributed by atoms with Crippen molar-refractivity contribution in [3.05, 3.63) is 11.6 Å². The summed E-state index contributed by atoms with van der Waals surface area (Å²) in [6, 6.07) is 0. The number of aliphatic hydroxyl groups excluding tert-OH is 2. The van der Waals surface area contributed by atoms with Gasteiger partial charge >= 0.3 is 0 Å². The standard InChI is InChI=1S/C17H30N2O4/c1-16(2)6-11(7-17(3,4)19-16)5-14(21)18-8-12-9-23-10-13(20)15(12)22/h6,12-13,15,19-20,22H,5,7-10H2,1-4H3,(H,18,21)/t12-,13-,15+/m1/s1. The zero-order chi connectivity index (χ0) is 17.3. The lowest BCUT2D eigenvalue weighted by molar-refractivity contribution is -0.127. The molecular weight excluding hydrogens is 296 g/mol. The molecule has 0 bridgehead atoms. The van der Waals surface area contributed by atoms with E-state index in [0.717, 1.165) is 12.0 Å². The molecule has 2 heterocycles. The average molecular weight is 326 g/mol. The van der Waals surface area contributed by atoms with E-state index in [9.17, 15) is 15.0 Å². The molecule has 1 saturated heterocycles. The van der Waals surface area contributed by atoms with E-state index in [1.165, 1.54) is 0 Å². The van der Waals surface area contributed by atoms with Crippen LogP contribution in [0.25, 0.3) is 0 Å². The van der Waals surface area contributed by atoms with Gasteiger partial charge in [0.25, 0.3) is 0 Å². The molecule has 6 nitrogen and oxygen atoms in total. The van der Waals surface area contributed by atoms with Gasteiger partial charge in [0.2, 0.25) is 5.91 Å². The summed E-state index contributed by atoms with van der Waals surface area (Å²) < 4.78 is 5.22. The summed E-state index contributed by atoms with van der Waals surface area (Å²) in [6.45, 7) is 9.29. The molecule has 0 aromatic carbocycles. The van der Waals surface area contributed by atoms with Crippen molar-refractivity contribution >= 4 is 5.91 Å². The third-order valence-electron chi connectivity index (χ3n) is 4.34. The fourth-order valence-electron chi connectivity index (χ4n) is 3.74. The molecular formula is C17H30N2O4. The first-order chi connectivity index (χ1) is 10.6. The fraction of sp³-hybridized carbons (Fsp3) is 0.824. The van der Waals surface area contributed by atoms with E-state index in [4.69, 9.17) is 4.74 Å². The predicted molar refractivity (Wildman–Crippen MR) is 87.9 cm³/mol. The third-order valence-corrected chi connectivity index (χ3v) is 4.34. The number of aliphatic hydroxyl groups is 2. The van der Waals surface area contributed by atoms with Crippen LogP contribution in [0, 0.1) is 5.92 Å². The van der Waals surface area contributed by atoms with Crippen LogP contribution in [0.4, 0.5) is 0 Å². The molecule has 2 aliphatic rings. The Morgan fingerprint density at radius 2 is 2.04 bits per heavy atom. The molecule has 0 aromatic heterocycles. The number of hydrogen-bond acceptors (Lipinski definition) is 5. The van der Waals surface area contributed by atoms with Crippen molar-refractivity contribution in [2.24, 2.45) is 5.92 Å². The SMILES string of the molecule is CC1(C)C=C(CC(=O)NC[C@@H]2COC[C@@H](O)[C@H]2O)CC(C)(C)N1. The summed E-state index contributed by atoms with van der Waals surface area (Å²) in [4.78, 5) is 12.2. The molecule has 2 aliphatic heterocycles. The number of rotatable bonds is 4. The first-order valence-electron chi connectivity index (χ1n) is 8.28. The van der Waals surface area contributed by atoms with Crippen LogP contribution in [0.15, 0.2) is 11.6 Å². The van der Waals surface area contributed by atoms with Crippen molar-refractivity contribution in [3.63, 3.8) is 0 Å². The molecule has 4 N–H and O–H groups in total. The molecule has 0 radical (unpaired) electrons. The molecule has 0 saturated carbocycles. The van der Waals surface area contributed by atoms with Crippen LogP contribution in [-0.2, 0) is 9.53 Å². The van der Waals surface area contributed by atoms with Crippen LogP contribution in [0.1, 0.15) is 40.5 Å². The maximum Gasteiger partial charge on any atom is 0.224 e. The van der Waals surface area contributed by atoms with E-state index in [1.807, 2.05) is 0 Å². The van der Waals surface area contributed by atoms with Crippen LogP contribution < -0.4 is 10.6 Å². The van der Waals surface area contributed by atoms with Gasteiger partial charge in [-0.15, -0.1) is 0 Å². The summed E-state index contributed by atoms with van der Waals surface area (Å²) in [5.74, 6) is -0.324. The minimum atomic E-state index is -0.876. The third kappa shape index (κ3) is 5.28. The van der Waals surface area contributed by atoms with Gasteiger partial charge in [-0.25, -0.2) is 0 Å². The van der Waals surface area contributed by atoms with Gasteiger partial charge in [0, 0.05) is 30.0 Å². The maximum atomic E-state index is 12.2. The van der Waals surface area contributed by atoms with Gasteiger partial charge in [-0.1, -0.05) is 11.6 Å². The number of nitrogens with one attached hydrogen (secondary N) is 2. The van der Waals surface area contributed by atoms with Gasteiger partial charge in [-0.05, 0) is 34.1 Å². The summed E-state index contributed by atoms with van der Waals surface area (Å²) in [5.41, 5.74) is 0.956. The van der Waals surface area contributed by atoms with Crippen molar-refractivity contribution < 1.29 is 19.7 Å². The lowest BCUT2D eigenvalue weighted by Gasteiger charge is -2.41. The van der Waals surface area contributed by atoms with E-state index < -0.39 is 12.2 Å². The van der Waals surface area contributed by atoms with Crippen LogP contribution in [0.5, 0.6) is 0 Å². The highest BCUT2D eigenvalue weighted by Crippen LogP contribution is 2.29. The van der Waals surface area contributed by atoms with Crippen molar-refractivity contribution in [1.29, 1.82) is 0 Å². The Bertz CT molecular complexity index is 473. The maximum absolute atomic E-state index is 12.2. The molecule has 0 aromatic rings. The highest BCUT2D eigenvalue weighted by Gasteiger charge is 2.33. The molecule has 132 valence electrons. The zero-order valence-electron chi connectivity index (χ0n) is 14.6. The molecule has 1 amide bonds. The fourth-order valence-corrected chi connectivity index (χ4v) is 3.74. The van der Waals surface area contributed by atoms with Gasteiger partial charge in [0.05, 0.1) is 19.3 Å². The van der Waals surface area contributed by atoms with Crippen molar-refractivity contribution in [2.75, 3.05) is 19.8 Å². The predicted octanol–water partition coefficient (Wildman–Crippen LogP) is 0.338. The van der Waals surface area contributed by atoms with Crippen LogP contribution >= 0.6 is 0 Å². The van der Waals surface area contributed by atoms with Gasteiger partial charge < -0.3 is 25.6 Å². The van der Waals surface area contributed by atoms with Gasteiger partial charge in [0.15, 0.2) is 0 Å². The molecule has 6 heteroatoms. The zero-order valence-corrected chi connectivity index (χ0v) is 14.6. The number of carbonyl (C=O) groups excluding carboxylic acids is 1. The minimum Gasteiger partial charge on any atom is -0.390 e. The summed E-state index contributed by atoms with van der Waals surface area (Å²) in [7, 11) is 0. The van der Waals surface area contributed by atoms with Crippen molar-refractivity contribution in [1.82, 2.24) is 10.6 Å². The lowest BCUT2D eigenvalue weighted by Crippen LogP contribution is -2.54. The molecule has 3 atom stereocenters. The van der Waals surface area contributed by atoms with E-state index in [1.54, 1.807) is 0 Å². The second kappa shape index (κ2) is 6.89. The number of amides is 1. The Balaban J connectivity index is 1.86.